The zero-order valence-electron chi connectivity index (χ0n) is 22.1. The Hall–Kier alpha value is -3.49. The minimum absolute atomic E-state index is 0.0503. The van der Waals surface area contributed by atoms with Gasteiger partial charge in [-0.3, -0.25) is 9.89 Å². The summed E-state index contributed by atoms with van der Waals surface area (Å²) in [5, 5.41) is 13.3. The Balaban J connectivity index is 1.28. The normalized spacial score (nSPS) is 19.6. The summed E-state index contributed by atoms with van der Waals surface area (Å²) in [5.41, 5.74) is 1.86. The topological polar surface area (TPSA) is 118 Å². The monoisotopic (exact) mass is 517 g/mol. The van der Waals surface area contributed by atoms with Gasteiger partial charge in [-0.25, -0.2) is 9.97 Å². The number of ether oxygens (including phenoxy) is 1. The Bertz CT molecular complexity index is 1160. The van der Waals surface area contributed by atoms with Gasteiger partial charge in [-0.05, 0) is 31.7 Å². The van der Waals surface area contributed by atoms with Crippen LogP contribution in [0.1, 0.15) is 95.1 Å². The van der Waals surface area contributed by atoms with Crippen LogP contribution in [0.3, 0.4) is 0 Å². The van der Waals surface area contributed by atoms with Crippen LogP contribution in [0.5, 0.6) is 5.75 Å². The number of carbonyl (C=O) groups excluding carboxylic acids is 1. The summed E-state index contributed by atoms with van der Waals surface area (Å²) in [6, 6.07) is 7.77. The Morgan fingerprint density at radius 3 is 2.39 bits per heavy atom. The van der Waals surface area contributed by atoms with Crippen molar-refractivity contribution in [2.75, 3.05) is 11.9 Å². The van der Waals surface area contributed by atoms with E-state index in [2.05, 4.69) is 35.8 Å². The maximum absolute atomic E-state index is 13.5. The molecule has 0 unspecified atom stereocenters. The van der Waals surface area contributed by atoms with Gasteiger partial charge in [-0.2, -0.15) is 10.1 Å². The Morgan fingerprint density at radius 2 is 1.66 bits per heavy atom. The van der Waals surface area contributed by atoms with Crippen molar-refractivity contribution >= 4 is 17.7 Å². The second kappa shape index (κ2) is 13.3. The number of nitrogens with one attached hydrogen (secondary N) is 3. The number of carbonyl (C=O) groups is 1. The van der Waals surface area contributed by atoms with E-state index in [1.807, 2.05) is 18.2 Å². The molecule has 1 saturated carbocycles. The molecule has 9 nitrogen and oxygen atoms in total. The van der Waals surface area contributed by atoms with Crippen LogP contribution in [0.15, 0.2) is 36.8 Å². The predicted molar refractivity (Wildman–Crippen MR) is 147 cm³/mol. The molecule has 2 aromatic heterocycles. The average molecular weight is 518 g/mol. The number of hydrogen-bond acceptors (Lipinski definition) is 7. The number of anilines is 2. The molecule has 0 radical (unpaired) electrons. The SMILES string of the molecule is O=C(N[C@@H]1CCCOc2cc(-c3ncnc(Nc4cc[nH]n4)n3)ccc21)C1CCCCCCCCCCC1. The molecule has 1 aromatic carbocycles. The summed E-state index contributed by atoms with van der Waals surface area (Å²) in [7, 11) is 0. The van der Waals surface area contributed by atoms with Crippen LogP contribution in [0.25, 0.3) is 11.4 Å². The molecule has 202 valence electrons. The maximum atomic E-state index is 13.5. The predicted octanol–water partition coefficient (Wildman–Crippen LogP) is 6.26. The number of aromatic nitrogens is 5. The quantitative estimate of drug-likeness (QED) is 0.366. The minimum Gasteiger partial charge on any atom is -0.493 e. The average Bonchev–Trinajstić information content (AvgIpc) is 3.35. The van der Waals surface area contributed by atoms with Gasteiger partial charge < -0.3 is 15.4 Å². The Labute approximate surface area is 224 Å². The summed E-state index contributed by atoms with van der Waals surface area (Å²) in [6.07, 6.45) is 18.4. The third kappa shape index (κ3) is 7.08. The number of aromatic amines is 1. The fraction of sp³-hybridized carbons (Fsp3) is 0.552. The van der Waals surface area contributed by atoms with Crippen molar-refractivity contribution in [2.45, 2.75) is 89.5 Å². The molecule has 2 aliphatic rings. The van der Waals surface area contributed by atoms with E-state index in [4.69, 9.17) is 4.74 Å². The lowest BCUT2D eigenvalue weighted by Crippen LogP contribution is -2.34. The molecule has 5 rings (SSSR count). The van der Waals surface area contributed by atoms with Crippen molar-refractivity contribution in [3.05, 3.63) is 42.4 Å². The zero-order chi connectivity index (χ0) is 26.0. The number of nitrogens with zero attached hydrogens (tertiary/aromatic N) is 4. The zero-order valence-corrected chi connectivity index (χ0v) is 22.1. The van der Waals surface area contributed by atoms with Crippen LogP contribution in [0, 0.1) is 5.92 Å². The standard InChI is InChI=1S/C29H39N7O2/c37-28(21-11-8-6-4-2-1-3-5-7-9-12-21)33-24-13-10-18-38-25-19-22(14-15-23(24)25)27-30-20-31-29(35-27)34-26-16-17-32-36-26/h14-17,19-21,24H,1-13,18H2,(H,33,37)(H2,30,31,32,34,35,36)/t24-/m1/s1. The van der Waals surface area contributed by atoms with Crippen LogP contribution in [-0.4, -0.2) is 37.7 Å². The van der Waals surface area contributed by atoms with Crippen molar-refractivity contribution in [3.8, 4) is 17.1 Å². The Kier molecular flexibility index (Phi) is 9.18. The van der Waals surface area contributed by atoms with E-state index < -0.39 is 0 Å². The molecular weight excluding hydrogens is 478 g/mol. The highest BCUT2D eigenvalue weighted by atomic mass is 16.5. The molecule has 0 spiro atoms. The number of rotatable bonds is 5. The first-order chi connectivity index (χ1) is 18.8. The molecule has 1 aliphatic heterocycles. The third-order valence-corrected chi connectivity index (χ3v) is 7.65. The van der Waals surface area contributed by atoms with Crippen molar-refractivity contribution in [1.29, 1.82) is 0 Å². The second-order valence-corrected chi connectivity index (χ2v) is 10.5. The minimum atomic E-state index is -0.0503. The number of benzene rings is 1. The molecule has 3 N–H and O–H groups in total. The molecule has 3 aromatic rings. The molecule has 1 atom stereocenters. The molecular formula is C29H39N7O2. The number of amides is 1. The van der Waals surface area contributed by atoms with E-state index in [0.29, 0.717) is 24.2 Å². The van der Waals surface area contributed by atoms with Crippen molar-refractivity contribution in [2.24, 2.45) is 5.92 Å². The summed E-state index contributed by atoms with van der Waals surface area (Å²) in [6.45, 7) is 0.620. The summed E-state index contributed by atoms with van der Waals surface area (Å²) < 4.78 is 6.12. The van der Waals surface area contributed by atoms with Crippen LogP contribution in [0.4, 0.5) is 11.8 Å². The van der Waals surface area contributed by atoms with E-state index in [1.54, 1.807) is 12.3 Å². The number of H-pyrrole nitrogens is 1. The number of hydrogen-bond donors (Lipinski definition) is 3. The first-order valence-corrected chi connectivity index (χ1v) is 14.3. The summed E-state index contributed by atoms with van der Waals surface area (Å²) in [5.74, 6) is 2.68. The lowest BCUT2D eigenvalue weighted by atomic mass is 9.91. The van der Waals surface area contributed by atoms with Crippen molar-refractivity contribution in [1.82, 2.24) is 30.5 Å². The highest BCUT2D eigenvalue weighted by Crippen LogP contribution is 2.35. The van der Waals surface area contributed by atoms with Gasteiger partial charge in [0.15, 0.2) is 11.6 Å². The molecule has 38 heavy (non-hydrogen) atoms. The van der Waals surface area contributed by atoms with Gasteiger partial charge in [0.2, 0.25) is 11.9 Å². The van der Waals surface area contributed by atoms with Gasteiger partial charge in [-0.1, -0.05) is 69.9 Å². The highest BCUT2D eigenvalue weighted by molar-refractivity contribution is 5.79. The van der Waals surface area contributed by atoms with Crippen LogP contribution < -0.4 is 15.4 Å². The molecule has 0 saturated heterocycles. The van der Waals surface area contributed by atoms with Gasteiger partial charge in [0.25, 0.3) is 0 Å². The van der Waals surface area contributed by atoms with E-state index in [1.165, 1.54) is 51.3 Å². The molecule has 3 heterocycles. The van der Waals surface area contributed by atoms with Gasteiger partial charge >= 0.3 is 0 Å². The highest BCUT2D eigenvalue weighted by Gasteiger charge is 2.26. The molecule has 1 aliphatic carbocycles. The summed E-state index contributed by atoms with van der Waals surface area (Å²) >= 11 is 0. The van der Waals surface area contributed by atoms with Crippen LogP contribution in [0.2, 0.25) is 0 Å². The smallest absolute Gasteiger partial charge is 0.231 e. The van der Waals surface area contributed by atoms with E-state index in [9.17, 15) is 4.79 Å². The van der Waals surface area contributed by atoms with Gasteiger partial charge in [0, 0.05) is 29.3 Å². The largest absolute Gasteiger partial charge is 0.493 e. The van der Waals surface area contributed by atoms with Gasteiger partial charge in [-0.15, -0.1) is 0 Å². The maximum Gasteiger partial charge on any atom is 0.231 e. The summed E-state index contributed by atoms with van der Waals surface area (Å²) in [4.78, 5) is 26.6. The van der Waals surface area contributed by atoms with E-state index in [-0.39, 0.29) is 17.9 Å². The fourth-order valence-electron chi connectivity index (χ4n) is 5.52. The lowest BCUT2D eigenvalue weighted by molar-refractivity contribution is -0.126. The molecule has 1 fully saturated rings. The fourth-order valence-corrected chi connectivity index (χ4v) is 5.52. The first kappa shape index (κ1) is 26.1. The number of fused-ring (bicyclic) bond motifs is 1. The van der Waals surface area contributed by atoms with E-state index in [0.717, 1.165) is 55.4 Å². The molecule has 9 heteroatoms. The van der Waals surface area contributed by atoms with Crippen LogP contribution >= 0.6 is 0 Å². The van der Waals surface area contributed by atoms with Gasteiger partial charge in [0.05, 0.1) is 12.6 Å². The lowest BCUT2D eigenvalue weighted by Gasteiger charge is -2.23. The van der Waals surface area contributed by atoms with Crippen molar-refractivity contribution in [3.63, 3.8) is 0 Å². The second-order valence-electron chi connectivity index (χ2n) is 10.5. The molecule has 0 bridgehead atoms. The van der Waals surface area contributed by atoms with Gasteiger partial charge in [0.1, 0.15) is 12.1 Å². The molecule has 1 amide bonds. The Morgan fingerprint density at radius 1 is 0.895 bits per heavy atom. The van der Waals surface area contributed by atoms with E-state index >= 15 is 0 Å². The van der Waals surface area contributed by atoms with Crippen LogP contribution in [-0.2, 0) is 4.79 Å². The third-order valence-electron chi connectivity index (χ3n) is 7.65. The van der Waals surface area contributed by atoms with Crippen molar-refractivity contribution < 1.29 is 9.53 Å². The first-order valence-electron chi connectivity index (χ1n) is 14.3.